The number of hydrogen-bond donors (Lipinski definition) is 2. The molecule has 0 amide bonds. The van der Waals surface area contributed by atoms with Crippen LogP contribution in [0.25, 0.3) is 0 Å². The Kier molecular flexibility index (Phi) is 6.28. The van der Waals surface area contributed by atoms with E-state index in [4.69, 9.17) is 10.6 Å². The van der Waals surface area contributed by atoms with Crippen LogP contribution in [0.2, 0.25) is 0 Å². The third-order valence-corrected chi connectivity index (χ3v) is 4.63. The summed E-state index contributed by atoms with van der Waals surface area (Å²) in [6, 6.07) is 0.0682. The largest absolute Gasteiger partial charge is 0.391 e. The average molecular weight is 296 g/mol. The highest BCUT2D eigenvalue weighted by Crippen LogP contribution is 2.41. The highest BCUT2D eigenvalue weighted by Gasteiger charge is 2.42. The fourth-order valence-corrected chi connectivity index (χ4v) is 2.91. The van der Waals surface area contributed by atoms with E-state index in [0.29, 0.717) is 12.8 Å². The lowest BCUT2D eigenvalue weighted by molar-refractivity contribution is -0.184. The van der Waals surface area contributed by atoms with Crippen LogP contribution in [0.4, 0.5) is 13.2 Å². The van der Waals surface area contributed by atoms with Gasteiger partial charge in [-0.3, -0.25) is 11.3 Å². The quantitative estimate of drug-likeness (QED) is 0.583. The smallest absolute Gasteiger partial charge is 0.379 e. The molecule has 120 valence electrons. The van der Waals surface area contributed by atoms with Crippen molar-refractivity contribution in [1.82, 2.24) is 5.43 Å². The van der Waals surface area contributed by atoms with Gasteiger partial charge in [0.2, 0.25) is 0 Å². The second kappa shape index (κ2) is 7.09. The summed E-state index contributed by atoms with van der Waals surface area (Å²) in [6.45, 7) is 4.00. The first kappa shape index (κ1) is 17.7. The molecule has 0 heterocycles. The molecule has 6 heteroatoms. The van der Waals surface area contributed by atoms with Gasteiger partial charge < -0.3 is 4.74 Å². The molecule has 3 nitrogen and oxygen atoms in total. The summed E-state index contributed by atoms with van der Waals surface area (Å²) < 4.78 is 43.3. The summed E-state index contributed by atoms with van der Waals surface area (Å²) in [5, 5.41) is 0. The van der Waals surface area contributed by atoms with E-state index in [1.807, 2.05) is 13.8 Å². The van der Waals surface area contributed by atoms with Gasteiger partial charge in [-0.2, -0.15) is 13.2 Å². The standard InChI is InChI=1S/C14H27F3N2O/c1-13(2,20-3)9-8-12(19-18)10-4-6-11(7-5-10)14(15,16)17/h10-12,19H,4-9,18H2,1-3H3. The van der Waals surface area contributed by atoms with Crippen LogP contribution < -0.4 is 11.3 Å². The summed E-state index contributed by atoms with van der Waals surface area (Å²) in [6.07, 6.45) is -0.774. The molecule has 0 aromatic heterocycles. The third-order valence-electron chi connectivity index (χ3n) is 4.63. The molecule has 0 aromatic rings. The van der Waals surface area contributed by atoms with E-state index in [1.54, 1.807) is 7.11 Å². The fraction of sp³-hybridized carbons (Fsp3) is 1.00. The maximum atomic E-state index is 12.6. The molecule has 20 heavy (non-hydrogen) atoms. The molecule has 0 spiro atoms. The molecule has 1 rings (SSSR count). The first-order valence-corrected chi connectivity index (χ1v) is 7.27. The number of alkyl halides is 3. The van der Waals surface area contributed by atoms with Gasteiger partial charge in [0.15, 0.2) is 0 Å². The van der Waals surface area contributed by atoms with Crippen molar-refractivity contribution in [2.24, 2.45) is 17.7 Å². The van der Waals surface area contributed by atoms with Crippen molar-refractivity contribution < 1.29 is 17.9 Å². The van der Waals surface area contributed by atoms with Crippen LogP contribution in [0.15, 0.2) is 0 Å². The highest BCUT2D eigenvalue weighted by molar-refractivity contribution is 4.84. The molecule has 1 atom stereocenters. The second-order valence-corrected chi connectivity index (χ2v) is 6.43. The molecule has 0 saturated heterocycles. The summed E-state index contributed by atoms with van der Waals surface area (Å²) in [4.78, 5) is 0. The van der Waals surface area contributed by atoms with Crippen molar-refractivity contribution >= 4 is 0 Å². The van der Waals surface area contributed by atoms with Gasteiger partial charge in [0.25, 0.3) is 0 Å². The maximum absolute atomic E-state index is 12.6. The number of methoxy groups -OCH3 is 1. The van der Waals surface area contributed by atoms with Gasteiger partial charge in [0.1, 0.15) is 0 Å². The van der Waals surface area contributed by atoms with Crippen molar-refractivity contribution in [2.75, 3.05) is 7.11 Å². The number of ether oxygens (including phenoxy) is 1. The van der Waals surface area contributed by atoms with Gasteiger partial charge >= 0.3 is 6.18 Å². The van der Waals surface area contributed by atoms with Crippen molar-refractivity contribution in [2.45, 2.75) is 70.2 Å². The number of hydrazine groups is 1. The van der Waals surface area contributed by atoms with Gasteiger partial charge in [-0.15, -0.1) is 0 Å². The van der Waals surface area contributed by atoms with Gasteiger partial charge in [-0.05, 0) is 58.3 Å². The van der Waals surface area contributed by atoms with Crippen molar-refractivity contribution in [3.05, 3.63) is 0 Å². The summed E-state index contributed by atoms with van der Waals surface area (Å²) in [5.74, 6) is 4.68. The average Bonchev–Trinajstić information content (AvgIpc) is 2.39. The van der Waals surface area contributed by atoms with Crippen LogP contribution in [0, 0.1) is 11.8 Å². The Morgan fingerprint density at radius 1 is 1.20 bits per heavy atom. The normalized spacial score (nSPS) is 26.6. The fourth-order valence-electron chi connectivity index (χ4n) is 2.91. The minimum Gasteiger partial charge on any atom is -0.379 e. The molecule has 1 unspecified atom stereocenters. The minimum atomic E-state index is -4.05. The third kappa shape index (κ3) is 5.22. The lowest BCUT2D eigenvalue weighted by atomic mass is 9.76. The molecule has 3 N–H and O–H groups in total. The van der Waals surface area contributed by atoms with Crippen molar-refractivity contribution in [3.8, 4) is 0 Å². The van der Waals surface area contributed by atoms with Crippen LogP contribution in [0.1, 0.15) is 52.4 Å². The monoisotopic (exact) mass is 296 g/mol. The molecule has 0 bridgehead atoms. The predicted molar refractivity (Wildman–Crippen MR) is 72.9 cm³/mol. The van der Waals surface area contributed by atoms with E-state index in [1.165, 1.54) is 0 Å². The highest BCUT2D eigenvalue weighted by atomic mass is 19.4. The summed E-state index contributed by atoms with van der Waals surface area (Å²) in [7, 11) is 1.67. The molecule has 0 aliphatic heterocycles. The Balaban J connectivity index is 2.45. The number of rotatable bonds is 6. The maximum Gasteiger partial charge on any atom is 0.391 e. The van der Waals surface area contributed by atoms with Gasteiger partial charge in [-0.1, -0.05) is 0 Å². The van der Waals surface area contributed by atoms with E-state index < -0.39 is 12.1 Å². The number of nitrogens with two attached hydrogens (primary N) is 1. The van der Waals surface area contributed by atoms with E-state index in [0.717, 1.165) is 12.8 Å². The lowest BCUT2D eigenvalue weighted by Gasteiger charge is -2.35. The molecule has 1 fully saturated rings. The SMILES string of the molecule is COC(C)(C)CCC(NN)C1CCC(C(F)(F)F)CC1. The Hall–Kier alpha value is -0.330. The van der Waals surface area contributed by atoms with Crippen LogP contribution in [-0.2, 0) is 4.74 Å². The molecule has 1 aliphatic carbocycles. The minimum absolute atomic E-state index is 0.0682. The number of hydrogen-bond acceptors (Lipinski definition) is 3. The zero-order valence-electron chi connectivity index (χ0n) is 12.6. The van der Waals surface area contributed by atoms with Crippen LogP contribution in [0.5, 0.6) is 0 Å². The predicted octanol–water partition coefficient (Wildman–Crippen LogP) is 3.39. The van der Waals surface area contributed by atoms with Crippen LogP contribution >= 0.6 is 0 Å². The zero-order chi connectivity index (χ0) is 15.4. The molecule has 1 saturated carbocycles. The van der Waals surface area contributed by atoms with E-state index in [9.17, 15) is 13.2 Å². The van der Waals surface area contributed by atoms with Crippen molar-refractivity contribution in [1.29, 1.82) is 0 Å². The molecule has 0 radical (unpaired) electrons. The van der Waals surface area contributed by atoms with E-state index in [2.05, 4.69) is 5.43 Å². The summed E-state index contributed by atoms with van der Waals surface area (Å²) in [5.41, 5.74) is 2.56. The van der Waals surface area contributed by atoms with Crippen molar-refractivity contribution in [3.63, 3.8) is 0 Å². The second-order valence-electron chi connectivity index (χ2n) is 6.43. The Morgan fingerprint density at radius 2 is 1.75 bits per heavy atom. The zero-order valence-corrected chi connectivity index (χ0v) is 12.6. The topological polar surface area (TPSA) is 47.3 Å². The summed E-state index contributed by atoms with van der Waals surface area (Å²) >= 11 is 0. The Bertz CT molecular complexity index is 287. The van der Waals surface area contributed by atoms with Gasteiger partial charge in [0, 0.05) is 13.2 Å². The van der Waals surface area contributed by atoms with E-state index >= 15 is 0 Å². The molecule has 0 aromatic carbocycles. The number of halogens is 3. The molecular formula is C14H27F3N2O. The molecular weight excluding hydrogens is 269 g/mol. The first-order chi connectivity index (χ1) is 9.19. The number of nitrogens with one attached hydrogen (secondary N) is 1. The lowest BCUT2D eigenvalue weighted by Crippen LogP contribution is -2.44. The van der Waals surface area contributed by atoms with E-state index in [-0.39, 0.29) is 30.4 Å². The van der Waals surface area contributed by atoms with Gasteiger partial charge in [-0.25, -0.2) is 0 Å². The molecule has 1 aliphatic rings. The van der Waals surface area contributed by atoms with Crippen LogP contribution in [-0.4, -0.2) is 24.9 Å². The Morgan fingerprint density at radius 3 is 2.15 bits per heavy atom. The van der Waals surface area contributed by atoms with Gasteiger partial charge in [0.05, 0.1) is 11.5 Å². The van der Waals surface area contributed by atoms with Crippen LogP contribution in [0.3, 0.4) is 0 Å². The Labute approximate surface area is 119 Å². The first-order valence-electron chi connectivity index (χ1n) is 7.27.